The second-order valence-electron chi connectivity index (χ2n) is 5.85. The molecule has 2 atom stereocenters. The molecule has 0 radical (unpaired) electrons. The Hall–Kier alpha value is -0.740. The first-order chi connectivity index (χ1) is 11.4. The fraction of sp³-hybridized carbons (Fsp3) is 0.562. The maximum absolute atomic E-state index is 11.5. The normalized spacial score (nSPS) is 20.4. The minimum absolute atomic E-state index is 0. The summed E-state index contributed by atoms with van der Waals surface area (Å²) in [7, 11) is -2.91. The monoisotopic (exact) mass is 501 g/mol. The highest BCUT2D eigenvalue weighted by Crippen LogP contribution is 2.17. The molecule has 1 aromatic rings. The van der Waals surface area contributed by atoms with Crippen molar-refractivity contribution in [1.82, 2.24) is 10.6 Å². The van der Waals surface area contributed by atoms with Crippen LogP contribution in [0.1, 0.15) is 20.3 Å². The molecule has 0 aliphatic carbocycles. The van der Waals surface area contributed by atoms with Gasteiger partial charge in [-0.1, -0.05) is 11.6 Å². The Morgan fingerprint density at radius 1 is 1.40 bits per heavy atom. The SMILES string of the molecule is CCNC(=NCC(C)Oc1ccc(Cl)cc1)NC1CCS(=O)(=O)C1.I. The van der Waals surface area contributed by atoms with Crippen LogP contribution in [-0.2, 0) is 9.84 Å². The van der Waals surface area contributed by atoms with Gasteiger partial charge in [-0.2, -0.15) is 0 Å². The largest absolute Gasteiger partial charge is 0.489 e. The van der Waals surface area contributed by atoms with Crippen molar-refractivity contribution < 1.29 is 13.2 Å². The van der Waals surface area contributed by atoms with Crippen molar-refractivity contribution in [3.05, 3.63) is 29.3 Å². The van der Waals surface area contributed by atoms with E-state index >= 15 is 0 Å². The molecule has 9 heteroatoms. The van der Waals surface area contributed by atoms with Gasteiger partial charge in [-0.3, -0.25) is 0 Å². The van der Waals surface area contributed by atoms with E-state index in [0.717, 1.165) is 5.75 Å². The zero-order chi connectivity index (χ0) is 17.6. The summed E-state index contributed by atoms with van der Waals surface area (Å²) in [4.78, 5) is 4.49. The number of guanidine groups is 1. The predicted molar refractivity (Wildman–Crippen MR) is 113 cm³/mol. The number of hydrogen-bond acceptors (Lipinski definition) is 4. The average Bonchev–Trinajstić information content (AvgIpc) is 2.86. The molecule has 2 unspecified atom stereocenters. The molecule has 6 nitrogen and oxygen atoms in total. The van der Waals surface area contributed by atoms with Gasteiger partial charge in [0, 0.05) is 17.6 Å². The summed E-state index contributed by atoms with van der Waals surface area (Å²) in [5.41, 5.74) is 0. The Kier molecular flexibility index (Phi) is 9.29. The smallest absolute Gasteiger partial charge is 0.191 e. The van der Waals surface area contributed by atoms with E-state index in [4.69, 9.17) is 16.3 Å². The number of sulfone groups is 1. The number of aliphatic imine (C=N–C) groups is 1. The van der Waals surface area contributed by atoms with E-state index in [0.29, 0.717) is 30.5 Å². The summed E-state index contributed by atoms with van der Waals surface area (Å²) in [5, 5.41) is 6.99. The predicted octanol–water partition coefficient (Wildman–Crippen LogP) is 2.47. The van der Waals surface area contributed by atoms with Crippen molar-refractivity contribution in [2.45, 2.75) is 32.4 Å². The highest BCUT2D eigenvalue weighted by Gasteiger charge is 2.28. The van der Waals surface area contributed by atoms with Gasteiger partial charge in [0.25, 0.3) is 0 Å². The van der Waals surface area contributed by atoms with Crippen LogP contribution in [0, 0.1) is 0 Å². The van der Waals surface area contributed by atoms with E-state index in [1.807, 2.05) is 26.0 Å². The van der Waals surface area contributed by atoms with Gasteiger partial charge >= 0.3 is 0 Å². The summed E-state index contributed by atoms with van der Waals surface area (Å²) >= 11 is 5.85. The molecule has 1 heterocycles. The fourth-order valence-electron chi connectivity index (χ4n) is 2.42. The summed E-state index contributed by atoms with van der Waals surface area (Å²) in [6, 6.07) is 7.10. The number of hydrogen-bond donors (Lipinski definition) is 2. The summed E-state index contributed by atoms with van der Waals surface area (Å²) in [6.07, 6.45) is 0.498. The van der Waals surface area contributed by atoms with Gasteiger partial charge in [-0.25, -0.2) is 13.4 Å². The van der Waals surface area contributed by atoms with Crippen molar-refractivity contribution in [3.63, 3.8) is 0 Å². The Morgan fingerprint density at radius 3 is 2.64 bits per heavy atom. The molecular weight excluding hydrogens is 477 g/mol. The van der Waals surface area contributed by atoms with E-state index in [9.17, 15) is 8.42 Å². The molecule has 0 amide bonds. The lowest BCUT2D eigenvalue weighted by molar-refractivity contribution is 0.230. The van der Waals surface area contributed by atoms with Gasteiger partial charge in [0.1, 0.15) is 11.9 Å². The maximum atomic E-state index is 11.5. The molecule has 142 valence electrons. The quantitative estimate of drug-likeness (QED) is 0.356. The van der Waals surface area contributed by atoms with Crippen LogP contribution in [0.3, 0.4) is 0 Å². The second-order valence-corrected chi connectivity index (χ2v) is 8.51. The number of ether oxygens (including phenoxy) is 1. The van der Waals surface area contributed by atoms with Crippen molar-refractivity contribution in [3.8, 4) is 5.75 Å². The molecular formula is C16H25ClIN3O3S. The molecule has 1 fully saturated rings. The molecule has 0 spiro atoms. The van der Waals surface area contributed by atoms with Crippen molar-refractivity contribution >= 4 is 51.4 Å². The van der Waals surface area contributed by atoms with E-state index in [1.54, 1.807) is 12.1 Å². The second kappa shape index (κ2) is 10.4. The molecule has 0 saturated carbocycles. The summed E-state index contributed by atoms with van der Waals surface area (Å²) in [5.74, 6) is 1.75. The van der Waals surface area contributed by atoms with Crippen LogP contribution in [0.25, 0.3) is 0 Å². The lowest BCUT2D eigenvalue weighted by atomic mass is 10.3. The van der Waals surface area contributed by atoms with Crippen LogP contribution in [0.15, 0.2) is 29.3 Å². The molecule has 0 aromatic heterocycles. The Morgan fingerprint density at radius 2 is 2.08 bits per heavy atom. The van der Waals surface area contributed by atoms with Crippen molar-refractivity contribution in [1.29, 1.82) is 0 Å². The summed E-state index contributed by atoms with van der Waals surface area (Å²) in [6.45, 7) is 5.06. The molecule has 1 saturated heterocycles. The molecule has 0 bridgehead atoms. The third-order valence-corrected chi connectivity index (χ3v) is 5.59. The standard InChI is InChI=1S/C16H24ClN3O3S.HI/c1-3-18-16(20-14-8-9-24(21,22)11-14)19-10-12(2)23-15-6-4-13(17)5-7-15;/h4-7,12,14H,3,8-11H2,1-2H3,(H2,18,19,20);1H. The van der Waals surface area contributed by atoms with E-state index < -0.39 is 9.84 Å². The lowest BCUT2D eigenvalue weighted by Crippen LogP contribution is -2.44. The number of benzene rings is 1. The van der Waals surface area contributed by atoms with Gasteiger partial charge in [0.15, 0.2) is 15.8 Å². The summed E-state index contributed by atoms with van der Waals surface area (Å²) < 4.78 is 28.9. The average molecular weight is 502 g/mol. The minimum Gasteiger partial charge on any atom is -0.489 e. The van der Waals surface area contributed by atoms with E-state index in [-0.39, 0.29) is 47.6 Å². The van der Waals surface area contributed by atoms with E-state index in [1.165, 1.54) is 0 Å². The van der Waals surface area contributed by atoms with Crippen LogP contribution in [0.5, 0.6) is 5.75 Å². The first kappa shape index (κ1) is 22.3. The molecule has 25 heavy (non-hydrogen) atoms. The molecule has 1 aromatic carbocycles. The number of nitrogens with zero attached hydrogens (tertiary/aromatic N) is 1. The fourth-order valence-corrected chi connectivity index (χ4v) is 4.22. The molecule has 1 aliphatic heterocycles. The van der Waals surface area contributed by atoms with Crippen LogP contribution in [-0.4, -0.2) is 51.1 Å². The topological polar surface area (TPSA) is 79.8 Å². The number of rotatable bonds is 6. The van der Waals surface area contributed by atoms with Crippen molar-refractivity contribution in [2.24, 2.45) is 4.99 Å². The molecule has 2 rings (SSSR count). The highest BCUT2D eigenvalue weighted by molar-refractivity contribution is 14.0. The van der Waals surface area contributed by atoms with Gasteiger partial charge in [0.2, 0.25) is 0 Å². The van der Waals surface area contributed by atoms with Crippen LogP contribution in [0.4, 0.5) is 0 Å². The maximum Gasteiger partial charge on any atom is 0.191 e. The zero-order valence-electron chi connectivity index (χ0n) is 14.4. The first-order valence-corrected chi connectivity index (χ1v) is 10.3. The van der Waals surface area contributed by atoms with Gasteiger partial charge in [-0.15, -0.1) is 24.0 Å². The first-order valence-electron chi connectivity index (χ1n) is 8.05. The minimum atomic E-state index is -2.91. The molecule has 1 aliphatic rings. The third kappa shape index (κ3) is 8.00. The van der Waals surface area contributed by atoms with E-state index in [2.05, 4.69) is 15.6 Å². The Labute approximate surface area is 171 Å². The Balaban J connectivity index is 0.00000312. The van der Waals surface area contributed by atoms with Crippen LogP contribution in [0.2, 0.25) is 5.02 Å². The lowest BCUT2D eigenvalue weighted by Gasteiger charge is -2.17. The van der Waals surface area contributed by atoms with Gasteiger partial charge < -0.3 is 15.4 Å². The number of nitrogens with one attached hydrogen (secondary N) is 2. The Bertz CT molecular complexity index is 668. The van der Waals surface area contributed by atoms with Crippen molar-refractivity contribution in [2.75, 3.05) is 24.6 Å². The third-order valence-electron chi connectivity index (χ3n) is 3.57. The number of halogens is 2. The molecule has 2 N–H and O–H groups in total. The van der Waals surface area contributed by atoms with Gasteiger partial charge in [0.05, 0.1) is 18.1 Å². The van der Waals surface area contributed by atoms with Crippen LogP contribution < -0.4 is 15.4 Å². The highest BCUT2D eigenvalue weighted by atomic mass is 127. The van der Waals surface area contributed by atoms with Gasteiger partial charge in [-0.05, 0) is 44.5 Å². The zero-order valence-corrected chi connectivity index (χ0v) is 18.3. The van der Waals surface area contributed by atoms with Crippen LogP contribution >= 0.6 is 35.6 Å².